The molecule has 0 heterocycles. The molecule has 1 fully saturated rings. The second kappa shape index (κ2) is 5.81. The van der Waals surface area contributed by atoms with Crippen LogP contribution in [0.3, 0.4) is 0 Å². The highest BCUT2D eigenvalue weighted by molar-refractivity contribution is 7.89. The summed E-state index contributed by atoms with van der Waals surface area (Å²) in [5.74, 6) is 0. The Balaban J connectivity index is 2.11. The lowest BCUT2D eigenvalue weighted by Gasteiger charge is -2.47. The molecule has 1 aromatic carbocycles. The summed E-state index contributed by atoms with van der Waals surface area (Å²) in [4.78, 5) is 2.41. The monoisotopic (exact) mass is 297 g/mol. The molecule has 0 atom stereocenters. The highest BCUT2D eigenvalue weighted by Gasteiger charge is 2.39. The second-order valence-electron chi connectivity index (χ2n) is 5.65. The Bertz CT molecular complexity index is 566. The van der Waals surface area contributed by atoms with Crippen molar-refractivity contribution < 1.29 is 8.42 Å². The van der Waals surface area contributed by atoms with E-state index in [-0.39, 0.29) is 10.4 Å². The van der Waals surface area contributed by atoms with Gasteiger partial charge in [0.2, 0.25) is 10.0 Å². The number of nitrogens with one attached hydrogen (secondary N) is 1. The number of rotatable bonds is 6. The van der Waals surface area contributed by atoms with Gasteiger partial charge in [-0.05, 0) is 51.1 Å². The first-order chi connectivity index (χ1) is 9.39. The minimum Gasteiger partial charge on any atom is -0.326 e. The molecule has 2 rings (SSSR count). The molecule has 0 amide bonds. The SMILES string of the molecule is CN(C)C1(CNS(=O)(=O)c2cccc(CN)c2)CCC1. The minimum atomic E-state index is -3.47. The number of hydrogen-bond donors (Lipinski definition) is 2. The Hall–Kier alpha value is -0.950. The fourth-order valence-electron chi connectivity index (χ4n) is 2.52. The quantitative estimate of drug-likeness (QED) is 0.818. The first-order valence-electron chi connectivity index (χ1n) is 6.86. The predicted octanol–water partition coefficient (Wildman–Crippen LogP) is 0.908. The van der Waals surface area contributed by atoms with Gasteiger partial charge < -0.3 is 10.6 Å². The molecular weight excluding hydrogens is 274 g/mol. The number of sulfonamides is 1. The van der Waals surface area contributed by atoms with Crippen molar-refractivity contribution in [1.82, 2.24) is 9.62 Å². The number of nitrogens with zero attached hydrogens (tertiary/aromatic N) is 1. The Morgan fingerprint density at radius 1 is 1.35 bits per heavy atom. The van der Waals surface area contributed by atoms with Crippen molar-refractivity contribution in [2.75, 3.05) is 20.6 Å². The molecule has 1 saturated carbocycles. The largest absolute Gasteiger partial charge is 0.326 e. The van der Waals surface area contributed by atoms with Crippen LogP contribution < -0.4 is 10.5 Å². The van der Waals surface area contributed by atoms with Gasteiger partial charge in [-0.2, -0.15) is 0 Å². The van der Waals surface area contributed by atoms with Crippen molar-refractivity contribution >= 4 is 10.0 Å². The normalized spacial score (nSPS) is 18.0. The number of nitrogens with two attached hydrogens (primary N) is 1. The minimum absolute atomic E-state index is 0.0292. The first-order valence-corrected chi connectivity index (χ1v) is 8.34. The average molecular weight is 297 g/mol. The maximum absolute atomic E-state index is 12.3. The van der Waals surface area contributed by atoms with Crippen molar-refractivity contribution in [3.63, 3.8) is 0 Å². The molecule has 1 aliphatic carbocycles. The molecule has 1 aliphatic rings. The molecule has 5 nitrogen and oxygen atoms in total. The van der Waals surface area contributed by atoms with Crippen LogP contribution in [0, 0.1) is 0 Å². The molecule has 20 heavy (non-hydrogen) atoms. The third kappa shape index (κ3) is 3.03. The molecule has 0 aliphatic heterocycles. The zero-order chi connectivity index (χ0) is 14.8. The number of likely N-dealkylation sites (N-methyl/N-ethyl adjacent to an activating group) is 1. The van der Waals surface area contributed by atoms with Gasteiger partial charge in [-0.1, -0.05) is 12.1 Å². The fraction of sp³-hybridized carbons (Fsp3) is 0.571. The lowest BCUT2D eigenvalue weighted by Crippen LogP contribution is -2.57. The van der Waals surface area contributed by atoms with E-state index in [1.165, 1.54) is 0 Å². The maximum atomic E-state index is 12.3. The summed E-state index contributed by atoms with van der Waals surface area (Å²) in [5, 5.41) is 0. The fourth-order valence-corrected chi connectivity index (χ4v) is 3.71. The summed E-state index contributed by atoms with van der Waals surface area (Å²) in [6.45, 7) is 0.792. The summed E-state index contributed by atoms with van der Waals surface area (Å²) in [6.07, 6.45) is 3.22. The van der Waals surface area contributed by atoms with E-state index in [9.17, 15) is 8.42 Å². The van der Waals surface area contributed by atoms with Crippen molar-refractivity contribution in [2.45, 2.75) is 36.2 Å². The molecule has 1 aromatic rings. The van der Waals surface area contributed by atoms with Gasteiger partial charge >= 0.3 is 0 Å². The Kier molecular flexibility index (Phi) is 4.49. The van der Waals surface area contributed by atoms with Gasteiger partial charge in [0.05, 0.1) is 4.90 Å². The standard InChI is InChI=1S/C14H23N3O2S/c1-17(2)14(7-4-8-14)11-16-20(18,19)13-6-3-5-12(9-13)10-15/h3,5-6,9,16H,4,7-8,10-11,15H2,1-2H3. The highest BCUT2D eigenvalue weighted by Crippen LogP contribution is 2.35. The molecule has 0 aromatic heterocycles. The molecule has 112 valence electrons. The third-order valence-corrected chi connectivity index (χ3v) is 5.67. The van der Waals surface area contributed by atoms with Crippen LogP contribution >= 0.6 is 0 Å². The molecule has 3 N–H and O–H groups in total. The summed E-state index contributed by atoms with van der Waals surface area (Å²) < 4.78 is 27.4. The lowest BCUT2D eigenvalue weighted by molar-refractivity contribution is 0.0657. The topological polar surface area (TPSA) is 75.4 Å². The predicted molar refractivity (Wildman–Crippen MR) is 79.8 cm³/mol. The molecule has 0 saturated heterocycles. The summed E-state index contributed by atoms with van der Waals surface area (Å²) in [5.41, 5.74) is 6.34. The molecule has 0 bridgehead atoms. The van der Waals surface area contributed by atoms with E-state index in [0.717, 1.165) is 24.8 Å². The van der Waals surface area contributed by atoms with Crippen LogP contribution in [0.5, 0.6) is 0 Å². The Morgan fingerprint density at radius 3 is 2.55 bits per heavy atom. The summed E-state index contributed by atoms with van der Waals surface area (Å²) in [7, 11) is 0.537. The molecule has 0 unspecified atom stereocenters. The van der Waals surface area contributed by atoms with Crippen molar-refractivity contribution in [3.05, 3.63) is 29.8 Å². The second-order valence-corrected chi connectivity index (χ2v) is 7.42. The Labute approximate surface area is 121 Å². The van der Waals surface area contributed by atoms with E-state index in [4.69, 9.17) is 5.73 Å². The third-order valence-electron chi connectivity index (χ3n) is 4.27. The van der Waals surface area contributed by atoms with Gasteiger partial charge in [-0.15, -0.1) is 0 Å². The van der Waals surface area contributed by atoms with Crippen LogP contribution in [-0.4, -0.2) is 39.5 Å². The van der Waals surface area contributed by atoms with Crippen molar-refractivity contribution in [1.29, 1.82) is 0 Å². The maximum Gasteiger partial charge on any atom is 0.240 e. The first kappa shape index (κ1) is 15.4. The van der Waals surface area contributed by atoms with Crippen molar-refractivity contribution in [2.24, 2.45) is 5.73 Å². The zero-order valence-corrected chi connectivity index (χ0v) is 12.9. The number of benzene rings is 1. The lowest BCUT2D eigenvalue weighted by atomic mass is 9.76. The molecular formula is C14H23N3O2S. The van der Waals surface area contributed by atoms with Gasteiger partial charge in [0.25, 0.3) is 0 Å². The average Bonchev–Trinajstić information content (AvgIpc) is 2.37. The van der Waals surface area contributed by atoms with Crippen LogP contribution in [0.4, 0.5) is 0 Å². The van der Waals surface area contributed by atoms with Crippen LogP contribution in [0.2, 0.25) is 0 Å². The van der Waals surface area contributed by atoms with Crippen LogP contribution in [0.25, 0.3) is 0 Å². The van der Waals surface area contributed by atoms with Crippen LogP contribution in [-0.2, 0) is 16.6 Å². The summed E-state index contributed by atoms with van der Waals surface area (Å²) in [6, 6.07) is 6.78. The van der Waals surface area contributed by atoms with Crippen LogP contribution in [0.1, 0.15) is 24.8 Å². The van der Waals surface area contributed by atoms with E-state index in [1.807, 2.05) is 20.2 Å². The van der Waals surface area contributed by atoms with E-state index < -0.39 is 10.0 Å². The van der Waals surface area contributed by atoms with E-state index >= 15 is 0 Å². The molecule has 6 heteroatoms. The van der Waals surface area contributed by atoms with Crippen LogP contribution in [0.15, 0.2) is 29.2 Å². The Morgan fingerprint density at radius 2 is 2.05 bits per heavy atom. The van der Waals surface area contributed by atoms with E-state index in [1.54, 1.807) is 18.2 Å². The van der Waals surface area contributed by atoms with Gasteiger partial charge in [0, 0.05) is 18.6 Å². The number of hydrogen-bond acceptors (Lipinski definition) is 4. The van der Waals surface area contributed by atoms with E-state index in [2.05, 4.69) is 9.62 Å². The van der Waals surface area contributed by atoms with Crippen molar-refractivity contribution in [3.8, 4) is 0 Å². The van der Waals surface area contributed by atoms with Gasteiger partial charge in [-0.3, -0.25) is 0 Å². The smallest absolute Gasteiger partial charge is 0.240 e. The zero-order valence-electron chi connectivity index (χ0n) is 12.1. The molecule has 0 radical (unpaired) electrons. The highest BCUT2D eigenvalue weighted by atomic mass is 32.2. The molecule has 0 spiro atoms. The summed E-state index contributed by atoms with van der Waals surface area (Å²) >= 11 is 0. The van der Waals surface area contributed by atoms with Gasteiger partial charge in [0.15, 0.2) is 0 Å². The van der Waals surface area contributed by atoms with Gasteiger partial charge in [-0.25, -0.2) is 13.1 Å². The van der Waals surface area contributed by atoms with E-state index in [0.29, 0.717) is 13.1 Å². The van der Waals surface area contributed by atoms with Gasteiger partial charge in [0.1, 0.15) is 0 Å².